The van der Waals surface area contributed by atoms with Crippen LogP contribution in [-0.4, -0.2) is 29.1 Å². The van der Waals surface area contributed by atoms with Crippen molar-refractivity contribution in [2.24, 2.45) is 0 Å². The average Bonchev–Trinajstić information content (AvgIpc) is 1.58. The van der Waals surface area contributed by atoms with Gasteiger partial charge in [-0.2, -0.15) is 0 Å². The number of rotatable bonds is 12. The summed E-state index contributed by atoms with van der Waals surface area (Å²) in [6.07, 6.45) is 0. The molecule has 0 unspecified atom stereocenters. The second-order valence-corrected chi connectivity index (χ2v) is 28.6. The molecule has 8 nitrogen and oxygen atoms in total. The fourth-order valence-corrected chi connectivity index (χ4v) is 17.5. The van der Waals surface area contributed by atoms with Crippen LogP contribution in [0, 0.1) is 13.8 Å². The largest absolute Gasteiger partial charge is 0.311 e. The topological polar surface area (TPSA) is 67.9 Å². The van der Waals surface area contributed by atoms with E-state index in [9.17, 15) is 0 Å². The zero-order valence-corrected chi connectivity index (χ0v) is 55.2. The molecule has 0 atom stereocenters. The van der Waals surface area contributed by atoms with E-state index in [2.05, 4.69) is 324 Å². The van der Waals surface area contributed by atoms with E-state index in [0.717, 1.165) is 132 Å². The molecule has 0 saturated carbocycles. The summed E-state index contributed by atoms with van der Waals surface area (Å²) >= 11 is 6.94. The van der Waals surface area contributed by atoms with Gasteiger partial charge in [-0.1, -0.05) is 83.9 Å². The number of hydrogen-bond donors (Lipinski definition) is 0. The molecule has 0 aliphatic carbocycles. The molecular weight excluding hydrogens is 1250 g/mol. The van der Waals surface area contributed by atoms with E-state index in [1.807, 2.05) is 0 Å². The summed E-state index contributed by atoms with van der Waals surface area (Å²) in [5, 5.41) is 8.71. The highest BCUT2D eigenvalue weighted by Crippen LogP contribution is 2.45. The minimum absolute atomic E-state index is 1.01. The Morgan fingerprint density at radius 3 is 0.729 bits per heavy atom. The van der Waals surface area contributed by atoms with Crippen molar-refractivity contribution in [1.82, 2.24) is 29.1 Å². The average molecular weight is 1300 g/mol. The molecule has 6 heterocycles. The number of aryl methyl sites for hydroxylation is 2. The molecule has 0 amide bonds. The normalized spacial score (nSPS) is 11.9. The van der Waals surface area contributed by atoms with Gasteiger partial charge in [0.2, 0.25) is 0 Å². The number of anilines is 6. The van der Waals surface area contributed by atoms with Crippen LogP contribution in [0.1, 0.15) is 11.1 Å². The molecule has 0 fully saturated rings. The SMILES string of the molecule is Cc1ccc(N(c2ccc(N(c3ccc(C)cc3)c3ccc(-n4c5ccc(-c6nc7ccccc7s6)cc5c5cc(-c6nc7ccccc7s6)ccc54)cc3)cc2)c2ccc(-n3c4ccc(-c5nc6ccccc6s5)cc4c4cc(-c5nc6ccccc6s5)ccc43)cc2)cc1. The maximum Gasteiger partial charge on any atom is 0.124 e. The van der Waals surface area contributed by atoms with Crippen molar-refractivity contribution in [1.29, 1.82) is 0 Å². The van der Waals surface area contributed by atoms with Crippen LogP contribution in [-0.2, 0) is 0 Å². The lowest BCUT2D eigenvalue weighted by Gasteiger charge is -2.28. The number of para-hydroxylation sites is 4. The third-order valence-corrected chi connectivity index (χ3v) is 22.7. The van der Waals surface area contributed by atoms with Crippen molar-refractivity contribution >= 4 is 164 Å². The molecule has 19 rings (SSSR count). The Kier molecular flexibility index (Phi) is 13.3. The van der Waals surface area contributed by atoms with Gasteiger partial charge in [-0.25, -0.2) is 19.9 Å². The Labute approximate surface area is 568 Å². The Hall–Kier alpha value is -11.4. The first-order chi connectivity index (χ1) is 47.3. The Morgan fingerprint density at radius 1 is 0.250 bits per heavy atom. The van der Waals surface area contributed by atoms with Gasteiger partial charge in [0.25, 0.3) is 0 Å². The van der Waals surface area contributed by atoms with Gasteiger partial charge < -0.3 is 18.9 Å². The van der Waals surface area contributed by atoms with Crippen LogP contribution in [0.25, 0.3) is 138 Å². The van der Waals surface area contributed by atoms with Gasteiger partial charge in [-0.15, -0.1) is 45.3 Å². The molecule has 13 aromatic carbocycles. The first-order valence-electron chi connectivity index (χ1n) is 32.0. The molecule has 0 aliphatic rings. The summed E-state index contributed by atoms with van der Waals surface area (Å²) < 4.78 is 9.53. The molecule has 0 aliphatic heterocycles. The Bertz CT molecular complexity index is 5460. The summed E-state index contributed by atoms with van der Waals surface area (Å²) in [4.78, 5) is 25.1. The standard InChI is InChI=1S/C84H54N8S4/c1-51-19-27-57(28-20-51)89(61-35-39-63(40-36-61)91-73-43-23-53(81-85-69-11-3-7-15-77(69)93-81)47-65(73)66-48-54(24-44-74(66)91)82-86-70-12-4-8-16-78(70)94-82)59-31-33-60(34-32-59)90(58-29-21-52(2)22-30-58)62-37-41-64(42-38-62)92-75-45-25-55(83-87-71-13-5-9-17-79(71)95-83)49-67(75)68-50-56(26-46-76(68)92)84-88-72-14-6-10-18-80(72)96-84/h3-50H,1-2H3. The lowest BCUT2D eigenvalue weighted by Crippen LogP contribution is -2.12. The number of hydrogen-bond acceptors (Lipinski definition) is 10. The maximum absolute atomic E-state index is 5.09. The van der Waals surface area contributed by atoms with E-state index >= 15 is 0 Å². The van der Waals surface area contributed by atoms with Gasteiger partial charge in [0, 0.05) is 89.3 Å². The third kappa shape index (κ3) is 9.67. The molecule has 0 radical (unpaired) electrons. The minimum atomic E-state index is 1.01. The quantitative estimate of drug-likeness (QED) is 0.121. The van der Waals surface area contributed by atoms with Gasteiger partial charge in [0.1, 0.15) is 20.0 Å². The lowest BCUT2D eigenvalue weighted by atomic mass is 10.1. The van der Waals surface area contributed by atoms with Crippen molar-refractivity contribution in [2.45, 2.75) is 13.8 Å². The van der Waals surface area contributed by atoms with Crippen LogP contribution in [0.2, 0.25) is 0 Å². The third-order valence-electron chi connectivity index (χ3n) is 18.4. The van der Waals surface area contributed by atoms with E-state index in [-0.39, 0.29) is 0 Å². The number of aromatic nitrogens is 6. The second-order valence-electron chi connectivity index (χ2n) is 24.4. The first kappa shape index (κ1) is 56.2. The molecule has 12 heteroatoms. The van der Waals surface area contributed by atoms with Crippen molar-refractivity contribution in [3.05, 3.63) is 302 Å². The summed E-state index contributed by atoms with van der Waals surface area (Å²) in [5.41, 5.74) is 23.9. The first-order valence-corrected chi connectivity index (χ1v) is 35.2. The van der Waals surface area contributed by atoms with Gasteiger partial charge in [0.15, 0.2) is 0 Å². The molecule has 0 spiro atoms. The van der Waals surface area contributed by atoms with Gasteiger partial charge >= 0.3 is 0 Å². The molecule has 0 saturated heterocycles. The van der Waals surface area contributed by atoms with Crippen molar-refractivity contribution < 1.29 is 0 Å². The van der Waals surface area contributed by atoms with E-state index < -0.39 is 0 Å². The van der Waals surface area contributed by atoms with Crippen molar-refractivity contribution in [3.63, 3.8) is 0 Å². The molecule has 454 valence electrons. The number of nitrogens with zero attached hydrogens (tertiary/aromatic N) is 8. The van der Waals surface area contributed by atoms with E-state index in [4.69, 9.17) is 19.9 Å². The highest BCUT2D eigenvalue weighted by atomic mass is 32.1. The summed E-state index contributed by atoms with van der Waals surface area (Å²) in [7, 11) is 0. The molecular formula is C84H54N8S4. The second kappa shape index (κ2) is 22.7. The van der Waals surface area contributed by atoms with Crippen LogP contribution in [0.4, 0.5) is 34.1 Å². The summed E-state index contributed by atoms with van der Waals surface area (Å²) in [5.74, 6) is 0. The maximum atomic E-state index is 5.09. The fraction of sp³-hybridized carbons (Fsp3) is 0.0238. The molecule has 96 heavy (non-hydrogen) atoms. The van der Waals surface area contributed by atoms with Crippen LogP contribution in [0.3, 0.4) is 0 Å². The van der Waals surface area contributed by atoms with E-state index in [1.165, 1.54) is 51.5 Å². The van der Waals surface area contributed by atoms with E-state index in [0.29, 0.717) is 0 Å². The summed E-state index contributed by atoms with van der Waals surface area (Å²) in [6.45, 7) is 4.29. The zero-order valence-electron chi connectivity index (χ0n) is 51.9. The monoisotopic (exact) mass is 1300 g/mol. The smallest absolute Gasteiger partial charge is 0.124 e. The molecule has 0 bridgehead atoms. The van der Waals surface area contributed by atoms with E-state index in [1.54, 1.807) is 45.3 Å². The Balaban J connectivity index is 0.684. The lowest BCUT2D eigenvalue weighted by molar-refractivity contribution is 1.17. The minimum Gasteiger partial charge on any atom is -0.311 e. The predicted octanol–water partition coefficient (Wildman–Crippen LogP) is 24.5. The Morgan fingerprint density at radius 2 is 0.479 bits per heavy atom. The highest BCUT2D eigenvalue weighted by molar-refractivity contribution is 7.22. The van der Waals surface area contributed by atoms with Crippen LogP contribution in [0.5, 0.6) is 0 Å². The fourth-order valence-electron chi connectivity index (χ4n) is 13.7. The number of fused-ring (bicyclic) bond motifs is 10. The zero-order chi connectivity index (χ0) is 63.5. The number of thiazole rings is 4. The highest BCUT2D eigenvalue weighted by Gasteiger charge is 2.23. The van der Waals surface area contributed by atoms with Crippen LogP contribution < -0.4 is 9.80 Å². The van der Waals surface area contributed by atoms with Crippen molar-refractivity contribution in [2.75, 3.05) is 9.80 Å². The number of benzene rings is 13. The van der Waals surface area contributed by atoms with Gasteiger partial charge in [-0.05, 0) is 232 Å². The van der Waals surface area contributed by atoms with Gasteiger partial charge in [0.05, 0.1) is 62.9 Å². The predicted molar refractivity (Wildman–Crippen MR) is 408 cm³/mol. The molecule has 19 aromatic rings. The van der Waals surface area contributed by atoms with Crippen LogP contribution >= 0.6 is 45.3 Å². The van der Waals surface area contributed by atoms with Crippen LogP contribution in [0.15, 0.2) is 291 Å². The molecule has 0 N–H and O–H groups in total. The van der Waals surface area contributed by atoms with Gasteiger partial charge in [-0.3, -0.25) is 0 Å². The molecule has 6 aromatic heterocycles. The van der Waals surface area contributed by atoms with Crippen molar-refractivity contribution in [3.8, 4) is 53.7 Å². The summed E-state index contributed by atoms with van der Waals surface area (Å²) in [6, 6.07) is 106.